The molecule has 2 atom stereocenters. The van der Waals surface area contributed by atoms with Gasteiger partial charge in [-0.3, -0.25) is 9.59 Å². The van der Waals surface area contributed by atoms with Crippen LogP contribution in [0, 0.1) is 19.8 Å². The SMILES string of the molecule is C=C(Nc1ccc(C)c(C)c1)[C@@H]1C(=O)O[C@H](C)C1=O. The van der Waals surface area contributed by atoms with Gasteiger partial charge in [-0.15, -0.1) is 0 Å². The molecule has 1 heterocycles. The smallest absolute Gasteiger partial charge is 0.323 e. The molecule has 1 aliphatic heterocycles. The molecule has 1 fully saturated rings. The van der Waals surface area contributed by atoms with Crippen molar-refractivity contribution in [3.63, 3.8) is 0 Å². The van der Waals surface area contributed by atoms with E-state index in [9.17, 15) is 9.59 Å². The van der Waals surface area contributed by atoms with Gasteiger partial charge in [-0.05, 0) is 44.0 Å². The first-order valence-electron chi connectivity index (χ1n) is 6.17. The van der Waals surface area contributed by atoms with Gasteiger partial charge in [-0.2, -0.15) is 0 Å². The van der Waals surface area contributed by atoms with E-state index in [2.05, 4.69) is 11.9 Å². The summed E-state index contributed by atoms with van der Waals surface area (Å²) in [5.41, 5.74) is 3.49. The Morgan fingerprint density at radius 3 is 2.47 bits per heavy atom. The van der Waals surface area contributed by atoms with Crippen molar-refractivity contribution in [2.45, 2.75) is 26.9 Å². The minimum Gasteiger partial charge on any atom is -0.454 e. The summed E-state index contributed by atoms with van der Waals surface area (Å²) in [7, 11) is 0. The molecule has 1 aliphatic rings. The van der Waals surface area contributed by atoms with Crippen LogP contribution in [0.5, 0.6) is 0 Å². The lowest BCUT2D eigenvalue weighted by atomic mass is 10.0. The molecular formula is C15H17NO3. The first-order chi connectivity index (χ1) is 8.90. The van der Waals surface area contributed by atoms with Gasteiger partial charge in [0.1, 0.15) is 0 Å². The number of aryl methyl sites for hydroxylation is 2. The Bertz CT molecular complexity index is 563. The van der Waals surface area contributed by atoms with Crippen LogP contribution in [-0.2, 0) is 14.3 Å². The molecule has 1 aromatic rings. The van der Waals surface area contributed by atoms with E-state index >= 15 is 0 Å². The number of Topliss-reactive ketones (excluding diaryl/α,β-unsaturated/α-hetero) is 1. The standard InChI is InChI=1S/C15H17NO3/c1-8-5-6-12(7-9(8)2)16-10(3)13-14(17)11(4)19-15(13)18/h5-7,11,13,16H,3H2,1-2,4H3/t11-,13+/m1/s1. The van der Waals surface area contributed by atoms with Crippen LogP contribution in [0.3, 0.4) is 0 Å². The highest BCUT2D eigenvalue weighted by Crippen LogP contribution is 2.25. The second kappa shape index (κ2) is 4.88. The highest BCUT2D eigenvalue weighted by Gasteiger charge is 2.42. The van der Waals surface area contributed by atoms with Gasteiger partial charge in [0.15, 0.2) is 17.8 Å². The van der Waals surface area contributed by atoms with Gasteiger partial charge in [0.2, 0.25) is 0 Å². The Labute approximate surface area is 112 Å². The number of ether oxygens (including phenoxy) is 1. The summed E-state index contributed by atoms with van der Waals surface area (Å²) in [4.78, 5) is 23.4. The fourth-order valence-corrected chi connectivity index (χ4v) is 2.04. The summed E-state index contributed by atoms with van der Waals surface area (Å²) in [5, 5.41) is 3.02. The Hall–Kier alpha value is -2.10. The predicted molar refractivity (Wildman–Crippen MR) is 72.7 cm³/mol. The minimum atomic E-state index is -0.906. The second-order valence-corrected chi connectivity index (χ2v) is 4.86. The van der Waals surface area contributed by atoms with Crippen LogP contribution < -0.4 is 5.32 Å². The normalized spacial score (nSPS) is 22.3. The van der Waals surface area contributed by atoms with Crippen LogP contribution in [0.15, 0.2) is 30.5 Å². The van der Waals surface area contributed by atoms with E-state index < -0.39 is 18.0 Å². The molecule has 1 aromatic carbocycles. The number of ketones is 1. The van der Waals surface area contributed by atoms with Crippen molar-refractivity contribution in [2.24, 2.45) is 5.92 Å². The van der Waals surface area contributed by atoms with Crippen molar-refractivity contribution in [1.82, 2.24) is 0 Å². The van der Waals surface area contributed by atoms with Gasteiger partial charge in [0.05, 0.1) is 0 Å². The lowest BCUT2D eigenvalue weighted by Gasteiger charge is -2.13. The van der Waals surface area contributed by atoms with Crippen molar-refractivity contribution in [2.75, 3.05) is 5.32 Å². The Morgan fingerprint density at radius 1 is 1.26 bits per heavy atom. The van der Waals surface area contributed by atoms with Crippen molar-refractivity contribution in [1.29, 1.82) is 0 Å². The molecule has 0 unspecified atom stereocenters. The third-order valence-electron chi connectivity index (χ3n) is 3.37. The van der Waals surface area contributed by atoms with Crippen LogP contribution in [0.1, 0.15) is 18.1 Å². The lowest BCUT2D eigenvalue weighted by Crippen LogP contribution is -2.23. The Balaban J connectivity index is 2.15. The number of cyclic esters (lactones) is 1. The van der Waals surface area contributed by atoms with Crippen LogP contribution in [0.25, 0.3) is 0 Å². The summed E-state index contributed by atoms with van der Waals surface area (Å²) in [5.74, 6) is -1.68. The third kappa shape index (κ3) is 2.52. The maximum absolute atomic E-state index is 11.8. The molecule has 2 rings (SSSR count). The van der Waals surface area contributed by atoms with E-state index in [0.29, 0.717) is 5.70 Å². The molecule has 1 saturated heterocycles. The van der Waals surface area contributed by atoms with E-state index in [0.717, 1.165) is 11.3 Å². The lowest BCUT2D eigenvalue weighted by molar-refractivity contribution is -0.143. The molecule has 4 nitrogen and oxygen atoms in total. The van der Waals surface area contributed by atoms with Gasteiger partial charge in [0.25, 0.3) is 0 Å². The molecule has 0 aliphatic carbocycles. The molecule has 0 spiro atoms. The monoisotopic (exact) mass is 259 g/mol. The van der Waals surface area contributed by atoms with Crippen LogP contribution in [0.2, 0.25) is 0 Å². The average molecular weight is 259 g/mol. The molecule has 0 amide bonds. The molecule has 4 heteroatoms. The van der Waals surface area contributed by atoms with E-state index in [1.165, 1.54) is 5.56 Å². The molecular weight excluding hydrogens is 242 g/mol. The summed E-state index contributed by atoms with van der Waals surface area (Å²) < 4.78 is 4.90. The zero-order valence-corrected chi connectivity index (χ0v) is 11.3. The molecule has 100 valence electrons. The van der Waals surface area contributed by atoms with Crippen molar-refractivity contribution < 1.29 is 14.3 Å². The number of carbonyl (C=O) groups excluding carboxylic acids is 2. The molecule has 0 radical (unpaired) electrons. The molecule has 0 bridgehead atoms. The summed E-state index contributed by atoms with van der Waals surface area (Å²) >= 11 is 0. The second-order valence-electron chi connectivity index (χ2n) is 4.86. The zero-order chi connectivity index (χ0) is 14.2. The average Bonchev–Trinajstić information content (AvgIpc) is 2.58. The zero-order valence-electron chi connectivity index (χ0n) is 11.3. The molecule has 1 N–H and O–H groups in total. The number of hydrogen-bond donors (Lipinski definition) is 1. The summed E-state index contributed by atoms with van der Waals surface area (Å²) in [6.07, 6.45) is -0.684. The third-order valence-corrected chi connectivity index (χ3v) is 3.37. The van der Waals surface area contributed by atoms with E-state index in [1.54, 1.807) is 6.92 Å². The molecule has 0 saturated carbocycles. The van der Waals surface area contributed by atoms with Gasteiger partial charge >= 0.3 is 5.97 Å². The maximum Gasteiger partial charge on any atom is 0.323 e. The largest absolute Gasteiger partial charge is 0.454 e. The fraction of sp³-hybridized carbons (Fsp3) is 0.333. The van der Waals surface area contributed by atoms with Crippen LogP contribution >= 0.6 is 0 Å². The number of esters is 1. The topological polar surface area (TPSA) is 55.4 Å². The van der Waals surface area contributed by atoms with Crippen LogP contribution in [0.4, 0.5) is 5.69 Å². The van der Waals surface area contributed by atoms with E-state index in [-0.39, 0.29) is 5.78 Å². The Morgan fingerprint density at radius 2 is 1.95 bits per heavy atom. The predicted octanol–water partition coefficient (Wildman–Crippen LogP) is 2.36. The van der Waals surface area contributed by atoms with Gasteiger partial charge < -0.3 is 10.1 Å². The van der Waals surface area contributed by atoms with Crippen molar-refractivity contribution in [3.8, 4) is 0 Å². The first kappa shape index (κ1) is 13.3. The van der Waals surface area contributed by atoms with E-state index in [1.807, 2.05) is 32.0 Å². The quantitative estimate of drug-likeness (QED) is 0.668. The highest BCUT2D eigenvalue weighted by molar-refractivity contribution is 6.09. The van der Waals surface area contributed by atoms with Crippen molar-refractivity contribution in [3.05, 3.63) is 41.6 Å². The number of nitrogens with one attached hydrogen (secondary N) is 1. The van der Waals surface area contributed by atoms with Crippen LogP contribution in [-0.4, -0.2) is 17.9 Å². The highest BCUT2D eigenvalue weighted by atomic mass is 16.6. The van der Waals surface area contributed by atoms with E-state index in [4.69, 9.17) is 4.74 Å². The minimum absolute atomic E-state index is 0.244. The summed E-state index contributed by atoms with van der Waals surface area (Å²) in [6, 6.07) is 5.82. The number of carbonyl (C=O) groups is 2. The van der Waals surface area contributed by atoms with Crippen molar-refractivity contribution >= 4 is 17.4 Å². The van der Waals surface area contributed by atoms with Gasteiger partial charge in [-0.25, -0.2) is 0 Å². The van der Waals surface area contributed by atoms with Gasteiger partial charge in [0, 0.05) is 11.4 Å². The summed E-state index contributed by atoms with van der Waals surface area (Å²) in [6.45, 7) is 9.38. The number of hydrogen-bond acceptors (Lipinski definition) is 4. The first-order valence-corrected chi connectivity index (χ1v) is 6.17. The van der Waals surface area contributed by atoms with Gasteiger partial charge in [-0.1, -0.05) is 12.6 Å². The fourth-order valence-electron chi connectivity index (χ4n) is 2.04. The molecule has 0 aromatic heterocycles. The number of anilines is 1. The molecule has 19 heavy (non-hydrogen) atoms. The number of rotatable bonds is 3. The Kier molecular flexibility index (Phi) is 3.42. The number of benzene rings is 1. The maximum atomic E-state index is 11.8.